The van der Waals surface area contributed by atoms with Crippen molar-refractivity contribution in [1.82, 2.24) is 4.57 Å². The average molecular weight is 275 g/mol. The zero-order valence-corrected chi connectivity index (χ0v) is 11.0. The van der Waals surface area contributed by atoms with Crippen molar-refractivity contribution in [2.75, 3.05) is 0 Å². The molecule has 0 aliphatic heterocycles. The highest BCUT2D eigenvalue weighted by Crippen LogP contribution is 2.13. The SMILES string of the molecule is CC(=O)c1cc(C(=O)O)n(CCc2ccccc2F)c1. The first-order valence-corrected chi connectivity index (χ1v) is 6.17. The fourth-order valence-electron chi connectivity index (χ4n) is 2.01. The Morgan fingerprint density at radius 1 is 1.30 bits per heavy atom. The maximum absolute atomic E-state index is 13.5. The van der Waals surface area contributed by atoms with Gasteiger partial charge in [-0.3, -0.25) is 4.79 Å². The van der Waals surface area contributed by atoms with Crippen LogP contribution in [0, 0.1) is 5.82 Å². The first-order chi connectivity index (χ1) is 9.49. The van der Waals surface area contributed by atoms with Gasteiger partial charge in [-0.1, -0.05) is 18.2 Å². The third-order valence-corrected chi connectivity index (χ3v) is 3.10. The summed E-state index contributed by atoms with van der Waals surface area (Å²) in [6, 6.07) is 7.69. The van der Waals surface area contributed by atoms with Gasteiger partial charge in [0.25, 0.3) is 0 Å². The molecule has 4 nitrogen and oxygen atoms in total. The van der Waals surface area contributed by atoms with Crippen LogP contribution in [0.2, 0.25) is 0 Å². The van der Waals surface area contributed by atoms with Crippen LogP contribution < -0.4 is 0 Å². The molecule has 0 bridgehead atoms. The van der Waals surface area contributed by atoms with Crippen LogP contribution in [0.1, 0.15) is 33.3 Å². The van der Waals surface area contributed by atoms with Crippen LogP contribution in [0.25, 0.3) is 0 Å². The van der Waals surface area contributed by atoms with Crippen molar-refractivity contribution in [1.29, 1.82) is 0 Å². The Morgan fingerprint density at radius 3 is 2.60 bits per heavy atom. The molecule has 0 unspecified atom stereocenters. The van der Waals surface area contributed by atoms with E-state index in [9.17, 15) is 14.0 Å². The first-order valence-electron chi connectivity index (χ1n) is 6.17. The van der Waals surface area contributed by atoms with E-state index in [4.69, 9.17) is 5.11 Å². The molecule has 0 fully saturated rings. The number of carboxylic acid groups (broad SMARTS) is 1. The lowest BCUT2D eigenvalue weighted by atomic mass is 10.1. The Hall–Kier alpha value is -2.43. The van der Waals surface area contributed by atoms with Gasteiger partial charge in [0.2, 0.25) is 0 Å². The molecule has 0 aliphatic carbocycles. The number of carbonyl (C=O) groups excluding carboxylic acids is 1. The van der Waals surface area contributed by atoms with Gasteiger partial charge in [0.05, 0.1) is 0 Å². The van der Waals surface area contributed by atoms with Gasteiger partial charge in [0.1, 0.15) is 11.5 Å². The smallest absolute Gasteiger partial charge is 0.352 e. The van der Waals surface area contributed by atoms with E-state index in [1.807, 2.05) is 0 Å². The normalized spacial score (nSPS) is 10.5. The molecule has 0 saturated carbocycles. The summed E-state index contributed by atoms with van der Waals surface area (Å²) in [7, 11) is 0. The third kappa shape index (κ3) is 2.93. The van der Waals surface area contributed by atoms with Crippen molar-refractivity contribution in [2.24, 2.45) is 0 Å². The molecule has 1 aromatic heterocycles. The topological polar surface area (TPSA) is 59.3 Å². The van der Waals surface area contributed by atoms with E-state index in [1.54, 1.807) is 18.2 Å². The van der Waals surface area contributed by atoms with Gasteiger partial charge in [-0.25, -0.2) is 9.18 Å². The summed E-state index contributed by atoms with van der Waals surface area (Å²) >= 11 is 0. The van der Waals surface area contributed by atoms with Gasteiger partial charge < -0.3 is 9.67 Å². The largest absolute Gasteiger partial charge is 0.477 e. The Kier molecular flexibility index (Phi) is 3.98. The van der Waals surface area contributed by atoms with E-state index in [0.717, 1.165) is 0 Å². The minimum Gasteiger partial charge on any atom is -0.477 e. The summed E-state index contributed by atoms with van der Waals surface area (Å²) in [5.41, 5.74) is 0.893. The summed E-state index contributed by atoms with van der Waals surface area (Å²) in [5.74, 6) is -1.62. The second kappa shape index (κ2) is 5.69. The van der Waals surface area contributed by atoms with Crippen molar-refractivity contribution < 1.29 is 19.1 Å². The van der Waals surface area contributed by atoms with Crippen LogP contribution in [0.5, 0.6) is 0 Å². The zero-order chi connectivity index (χ0) is 14.7. The van der Waals surface area contributed by atoms with Gasteiger partial charge in [0.15, 0.2) is 5.78 Å². The van der Waals surface area contributed by atoms with Crippen molar-refractivity contribution in [2.45, 2.75) is 19.9 Å². The maximum Gasteiger partial charge on any atom is 0.352 e. The van der Waals surface area contributed by atoms with Gasteiger partial charge in [-0.2, -0.15) is 0 Å². The molecule has 0 spiro atoms. The molecular weight excluding hydrogens is 261 g/mol. The standard InChI is InChI=1S/C15H14FNO3/c1-10(18)12-8-14(15(19)20)17(9-12)7-6-11-4-2-3-5-13(11)16/h2-5,8-9H,6-7H2,1H3,(H,19,20). The number of benzene rings is 1. The average Bonchev–Trinajstić information content (AvgIpc) is 2.82. The van der Waals surface area contributed by atoms with Crippen LogP contribution in [-0.2, 0) is 13.0 Å². The van der Waals surface area contributed by atoms with Crippen molar-refractivity contribution in [3.8, 4) is 0 Å². The fraction of sp³-hybridized carbons (Fsp3) is 0.200. The lowest BCUT2D eigenvalue weighted by Crippen LogP contribution is -2.09. The van der Waals surface area contributed by atoms with E-state index in [0.29, 0.717) is 24.1 Å². The number of aromatic carboxylic acids is 1. The van der Waals surface area contributed by atoms with Crippen molar-refractivity contribution in [3.63, 3.8) is 0 Å². The number of halogens is 1. The molecule has 2 rings (SSSR count). The predicted molar refractivity (Wildman–Crippen MR) is 71.5 cm³/mol. The zero-order valence-electron chi connectivity index (χ0n) is 11.0. The molecule has 0 amide bonds. The van der Waals surface area contributed by atoms with Crippen LogP contribution in [0.4, 0.5) is 4.39 Å². The molecular formula is C15H14FNO3. The molecule has 0 saturated heterocycles. The number of rotatable bonds is 5. The predicted octanol–water partition coefficient (Wildman–Crippen LogP) is 2.77. The number of nitrogens with zero attached hydrogens (tertiary/aromatic N) is 1. The molecule has 104 valence electrons. The number of aryl methyl sites for hydroxylation is 2. The second-order valence-corrected chi connectivity index (χ2v) is 4.51. The molecule has 2 aromatic rings. The maximum atomic E-state index is 13.5. The minimum absolute atomic E-state index is 0.0338. The van der Waals surface area contributed by atoms with Crippen molar-refractivity contribution >= 4 is 11.8 Å². The number of aromatic nitrogens is 1. The molecule has 0 aliphatic rings. The number of carbonyl (C=O) groups is 2. The Labute approximate surface area is 115 Å². The first kappa shape index (κ1) is 14.0. The number of ketones is 1. The highest BCUT2D eigenvalue weighted by Gasteiger charge is 2.14. The Bertz CT molecular complexity index is 661. The molecule has 20 heavy (non-hydrogen) atoms. The molecule has 5 heteroatoms. The number of hydrogen-bond acceptors (Lipinski definition) is 2. The molecule has 1 aromatic carbocycles. The lowest BCUT2D eigenvalue weighted by molar-refractivity contribution is 0.0685. The van der Waals surface area contributed by atoms with Gasteiger partial charge in [-0.05, 0) is 31.0 Å². The number of carboxylic acids is 1. The van der Waals surface area contributed by atoms with Crippen LogP contribution in [0.3, 0.4) is 0 Å². The van der Waals surface area contributed by atoms with Gasteiger partial charge >= 0.3 is 5.97 Å². The molecule has 0 radical (unpaired) electrons. The van der Waals surface area contributed by atoms with E-state index in [-0.39, 0.29) is 17.3 Å². The third-order valence-electron chi connectivity index (χ3n) is 3.10. The summed E-state index contributed by atoms with van der Waals surface area (Å²) in [6.07, 6.45) is 1.85. The summed E-state index contributed by atoms with van der Waals surface area (Å²) in [6.45, 7) is 1.68. The quantitative estimate of drug-likeness (QED) is 0.853. The number of hydrogen-bond donors (Lipinski definition) is 1. The summed E-state index contributed by atoms with van der Waals surface area (Å²) in [5, 5.41) is 9.11. The number of Topliss-reactive ketones (excluding diaryl/α,β-unsaturated/α-hetero) is 1. The Balaban J connectivity index is 2.23. The van der Waals surface area contributed by atoms with Gasteiger partial charge in [-0.15, -0.1) is 0 Å². The van der Waals surface area contributed by atoms with E-state index >= 15 is 0 Å². The summed E-state index contributed by atoms with van der Waals surface area (Å²) in [4.78, 5) is 22.4. The van der Waals surface area contributed by atoms with Crippen molar-refractivity contribution in [3.05, 3.63) is 59.2 Å². The summed E-state index contributed by atoms with van der Waals surface area (Å²) < 4.78 is 15.0. The lowest BCUT2D eigenvalue weighted by Gasteiger charge is -2.07. The van der Waals surface area contributed by atoms with Crippen LogP contribution in [-0.4, -0.2) is 21.4 Å². The van der Waals surface area contributed by atoms with Crippen LogP contribution in [0.15, 0.2) is 36.5 Å². The highest BCUT2D eigenvalue weighted by atomic mass is 19.1. The molecule has 1 heterocycles. The van der Waals surface area contributed by atoms with E-state index in [2.05, 4.69) is 0 Å². The van der Waals surface area contributed by atoms with Gasteiger partial charge in [0, 0.05) is 18.3 Å². The highest BCUT2D eigenvalue weighted by molar-refractivity contribution is 5.97. The minimum atomic E-state index is -1.11. The molecule has 0 atom stereocenters. The molecule has 1 N–H and O–H groups in total. The monoisotopic (exact) mass is 275 g/mol. The second-order valence-electron chi connectivity index (χ2n) is 4.51. The Morgan fingerprint density at radius 2 is 2.00 bits per heavy atom. The van der Waals surface area contributed by atoms with E-state index < -0.39 is 5.97 Å². The fourth-order valence-corrected chi connectivity index (χ4v) is 2.01. The van der Waals surface area contributed by atoms with E-state index in [1.165, 1.54) is 29.8 Å². The van der Waals surface area contributed by atoms with Crippen LogP contribution >= 0.6 is 0 Å².